The summed E-state index contributed by atoms with van der Waals surface area (Å²) in [4.78, 5) is 12.0. The van der Waals surface area contributed by atoms with E-state index in [0.717, 1.165) is 18.5 Å². The van der Waals surface area contributed by atoms with E-state index in [9.17, 15) is 4.39 Å². The topological polar surface area (TPSA) is 62.7 Å². The molecule has 1 unspecified atom stereocenters. The smallest absolute Gasteiger partial charge is 0.224 e. The van der Waals surface area contributed by atoms with Crippen molar-refractivity contribution in [2.24, 2.45) is 0 Å². The van der Waals surface area contributed by atoms with Gasteiger partial charge in [0.05, 0.1) is 12.2 Å². The number of nitrogens with zero attached hydrogens (tertiary/aromatic N) is 3. The summed E-state index contributed by atoms with van der Waals surface area (Å²) >= 11 is 0. The summed E-state index contributed by atoms with van der Waals surface area (Å²) in [6, 6.07) is 3.70. The van der Waals surface area contributed by atoms with Crippen LogP contribution in [0.1, 0.15) is 31.9 Å². The minimum atomic E-state index is -0.465. The molecule has 2 aromatic heterocycles. The van der Waals surface area contributed by atoms with Gasteiger partial charge in [-0.3, -0.25) is 4.98 Å². The Kier molecular flexibility index (Phi) is 4.81. The SMILES string of the molecule is CCCNc1ncc(F)c(NC(C)c2ccncc2)n1. The fourth-order valence-electron chi connectivity index (χ4n) is 1.73. The molecule has 20 heavy (non-hydrogen) atoms. The Morgan fingerprint density at radius 3 is 2.75 bits per heavy atom. The molecular formula is C14H18FN5. The third-order valence-corrected chi connectivity index (χ3v) is 2.84. The highest BCUT2D eigenvalue weighted by atomic mass is 19.1. The van der Waals surface area contributed by atoms with Crippen LogP contribution in [0, 0.1) is 5.82 Å². The van der Waals surface area contributed by atoms with Crippen molar-refractivity contribution < 1.29 is 4.39 Å². The molecule has 0 amide bonds. The lowest BCUT2D eigenvalue weighted by Crippen LogP contribution is -2.12. The van der Waals surface area contributed by atoms with Crippen molar-refractivity contribution in [1.82, 2.24) is 15.0 Å². The second kappa shape index (κ2) is 6.79. The van der Waals surface area contributed by atoms with Gasteiger partial charge in [0.1, 0.15) is 0 Å². The molecule has 0 aliphatic rings. The number of pyridine rings is 1. The summed E-state index contributed by atoms with van der Waals surface area (Å²) < 4.78 is 13.7. The highest BCUT2D eigenvalue weighted by molar-refractivity contribution is 5.43. The number of hydrogen-bond acceptors (Lipinski definition) is 5. The minimum absolute atomic E-state index is 0.0681. The van der Waals surface area contributed by atoms with Crippen molar-refractivity contribution in [1.29, 1.82) is 0 Å². The van der Waals surface area contributed by atoms with Gasteiger partial charge in [-0.15, -0.1) is 0 Å². The van der Waals surface area contributed by atoms with Crippen LogP contribution in [-0.2, 0) is 0 Å². The van der Waals surface area contributed by atoms with Crippen LogP contribution in [0.25, 0.3) is 0 Å². The molecule has 0 saturated carbocycles. The second-order valence-corrected chi connectivity index (χ2v) is 4.46. The maximum absolute atomic E-state index is 13.7. The van der Waals surface area contributed by atoms with Crippen LogP contribution >= 0.6 is 0 Å². The molecule has 0 aliphatic heterocycles. The molecule has 0 fully saturated rings. The fraction of sp³-hybridized carbons (Fsp3) is 0.357. The standard InChI is InChI=1S/C14H18FN5/c1-3-6-17-14-18-9-12(15)13(20-14)19-10(2)11-4-7-16-8-5-11/h4-5,7-10H,3,6H2,1-2H3,(H2,17,18,19,20). The lowest BCUT2D eigenvalue weighted by Gasteiger charge is -2.15. The average molecular weight is 275 g/mol. The summed E-state index contributed by atoms with van der Waals surface area (Å²) in [7, 11) is 0. The number of aromatic nitrogens is 3. The highest BCUT2D eigenvalue weighted by Crippen LogP contribution is 2.19. The van der Waals surface area contributed by atoms with Crippen molar-refractivity contribution in [2.75, 3.05) is 17.2 Å². The van der Waals surface area contributed by atoms with Crippen LogP contribution in [0.5, 0.6) is 0 Å². The van der Waals surface area contributed by atoms with E-state index in [1.807, 2.05) is 26.0 Å². The van der Waals surface area contributed by atoms with Gasteiger partial charge in [-0.05, 0) is 31.0 Å². The molecule has 1 atom stereocenters. The Morgan fingerprint density at radius 1 is 1.30 bits per heavy atom. The van der Waals surface area contributed by atoms with E-state index >= 15 is 0 Å². The number of nitrogens with one attached hydrogen (secondary N) is 2. The first kappa shape index (κ1) is 14.2. The summed E-state index contributed by atoms with van der Waals surface area (Å²) in [6.07, 6.45) is 5.54. The first-order valence-corrected chi connectivity index (χ1v) is 6.63. The Morgan fingerprint density at radius 2 is 2.05 bits per heavy atom. The maximum Gasteiger partial charge on any atom is 0.224 e. The van der Waals surface area contributed by atoms with Crippen LogP contribution in [-0.4, -0.2) is 21.5 Å². The third-order valence-electron chi connectivity index (χ3n) is 2.84. The minimum Gasteiger partial charge on any atom is -0.361 e. The molecule has 2 N–H and O–H groups in total. The summed E-state index contributed by atoms with van der Waals surface area (Å²) in [6.45, 7) is 4.74. The van der Waals surface area contributed by atoms with E-state index in [1.54, 1.807) is 12.4 Å². The molecule has 0 aliphatic carbocycles. The van der Waals surface area contributed by atoms with Crippen molar-refractivity contribution in [2.45, 2.75) is 26.3 Å². The Balaban J connectivity index is 2.11. The number of hydrogen-bond donors (Lipinski definition) is 2. The molecule has 2 heterocycles. The number of rotatable bonds is 6. The van der Waals surface area contributed by atoms with Gasteiger partial charge in [-0.2, -0.15) is 4.98 Å². The molecule has 0 spiro atoms. The Bertz CT molecular complexity index is 547. The van der Waals surface area contributed by atoms with E-state index in [2.05, 4.69) is 25.6 Å². The van der Waals surface area contributed by atoms with Gasteiger partial charge in [-0.1, -0.05) is 6.92 Å². The van der Waals surface area contributed by atoms with Crippen molar-refractivity contribution in [3.05, 3.63) is 42.1 Å². The third kappa shape index (κ3) is 3.63. The van der Waals surface area contributed by atoms with Gasteiger partial charge in [0.25, 0.3) is 0 Å². The zero-order valence-corrected chi connectivity index (χ0v) is 11.6. The van der Waals surface area contributed by atoms with Gasteiger partial charge in [0.15, 0.2) is 11.6 Å². The zero-order chi connectivity index (χ0) is 14.4. The van der Waals surface area contributed by atoms with E-state index in [1.165, 1.54) is 6.20 Å². The summed E-state index contributed by atoms with van der Waals surface area (Å²) in [5.74, 6) is 0.161. The van der Waals surface area contributed by atoms with Crippen LogP contribution in [0.15, 0.2) is 30.7 Å². The van der Waals surface area contributed by atoms with E-state index < -0.39 is 5.82 Å². The van der Waals surface area contributed by atoms with Crippen LogP contribution in [0.2, 0.25) is 0 Å². The highest BCUT2D eigenvalue weighted by Gasteiger charge is 2.11. The first-order valence-electron chi connectivity index (χ1n) is 6.63. The Labute approximate surface area is 117 Å². The zero-order valence-electron chi connectivity index (χ0n) is 11.6. The van der Waals surface area contributed by atoms with E-state index in [4.69, 9.17) is 0 Å². The van der Waals surface area contributed by atoms with E-state index in [-0.39, 0.29) is 11.9 Å². The molecule has 2 rings (SSSR count). The molecule has 0 bridgehead atoms. The predicted octanol–water partition coefficient (Wildman–Crippen LogP) is 3.01. The normalized spacial score (nSPS) is 11.9. The number of halogens is 1. The number of anilines is 2. The Hall–Kier alpha value is -2.24. The lowest BCUT2D eigenvalue weighted by atomic mass is 10.1. The van der Waals surface area contributed by atoms with Gasteiger partial charge in [-0.25, -0.2) is 9.37 Å². The van der Waals surface area contributed by atoms with Crippen molar-refractivity contribution in [3.63, 3.8) is 0 Å². The quantitative estimate of drug-likeness (QED) is 0.848. The van der Waals surface area contributed by atoms with Crippen LogP contribution < -0.4 is 10.6 Å². The second-order valence-electron chi connectivity index (χ2n) is 4.46. The van der Waals surface area contributed by atoms with Crippen molar-refractivity contribution in [3.8, 4) is 0 Å². The average Bonchev–Trinajstić information content (AvgIpc) is 2.49. The molecule has 0 saturated heterocycles. The van der Waals surface area contributed by atoms with Crippen LogP contribution in [0.4, 0.5) is 16.2 Å². The van der Waals surface area contributed by atoms with Gasteiger partial charge in [0.2, 0.25) is 5.95 Å². The molecule has 106 valence electrons. The predicted molar refractivity (Wildman–Crippen MR) is 77.0 cm³/mol. The molecule has 6 heteroatoms. The van der Waals surface area contributed by atoms with Crippen molar-refractivity contribution >= 4 is 11.8 Å². The molecule has 2 aromatic rings. The molecule has 0 aromatic carbocycles. The first-order chi connectivity index (χ1) is 9.70. The lowest BCUT2D eigenvalue weighted by molar-refractivity contribution is 0.614. The van der Waals surface area contributed by atoms with Gasteiger partial charge >= 0.3 is 0 Å². The van der Waals surface area contributed by atoms with Crippen LogP contribution in [0.3, 0.4) is 0 Å². The summed E-state index contributed by atoms with van der Waals surface area (Å²) in [5.41, 5.74) is 1.01. The maximum atomic E-state index is 13.7. The largest absolute Gasteiger partial charge is 0.361 e. The molecular weight excluding hydrogens is 257 g/mol. The molecule has 0 radical (unpaired) electrons. The van der Waals surface area contributed by atoms with Gasteiger partial charge < -0.3 is 10.6 Å². The summed E-state index contributed by atoms with van der Waals surface area (Å²) in [5, 5.41) is 6.09. The van der Waals surface area contributed by atoms with Gasteiger partial charge in [0, 0.05) is 18.9 Å². The van der Waals surface area contributed by atoms with E-state index in [0.29, 0.717) is 5.95 Å². The monoisotopic (exact) mass is 275 g/mol. The molecule has 5 nitrogen and oxygen atoms in total. The fourth-order valence-corrected chi connectivity index (χ4v) is 1.73.